The fourth-order valence-corrected chi connectivity index (χ4v) is 2.50. The number of thiazole rings is 1. The van der Waals surface area contributed by atoms with Crippen molar-refractivity contribution in [2.24, 2.45) is 5.11 Å². The summed E-state index contributed by atoms with van der Waals surface area (Å²) in [5.74, 6) is 0. The summed E-state index contributed by atoms with van der Waals surface area (Å²) in [5, 5.41) is 4.33. The normalized spacial score (nSPS) is 22.3. The molecule has 6 heteroatoms. The van der Waals surface area contributed by atoms with Gasteiger partial charge in [-0.25, -0.2) is 4.98 Å². The van der Waals surface area contributed by atoms with Crippen LogP contribution in [0.15, 0.2) is 5.11 Å². The van der Waals surface area contributed by atoms with Crippen molar-refractivity contribution < 1.29 is 8.91 Å². The van der Waals surface area contributed by atoms with Gasteiger partial charge in [0.1, 0.15) is 0 Å². The standard InChI is InChI=1S/C7H9N5S.3H2/c8-7-10-5-2-1-4(11-12-9)3-6(5)13-7;;;/h4H,1-3H2,(H2,8,10);3*1H/i;3*1+1D. The highest BCUT2D eigenvalue weighted by Crippen LogP contribution is 2.29. The number of aryl methyl sites for hydroxylation is 1. The molecule has 0 spiro atoms. The zero-order chi connectivity index (χ0) is 15.3. The number of nitrogen functional groups attached to an aromatic ring is 1. The largest absolute Gasteiger partial charge is 0.375 e. The minimum atomic E-state index is 0.0948. The van der Waals surface area contributed by atoms with Gasteiger partial charge < -0.3 is 5.73 Å². The van der Waals surface area contributed by atoms with Crippen LogP contribution in [-0.4, -0.2) is 11.0 Å². The molecule has 1 heterocycles. The van der Waals surface area contributed by atoms with Crippen LogP contribution < -0.4 is 5.73 Å². The third kappa shape index (κ3) is 1.59. The number of anilines is 1. The van der Waals surface area contributed by atoms with Crippen molar-refractivity contribution in [3.05, 3.63) is 21.0 Å². The first-order chi connectivity index (χ1) is 9.29. The Bertz CT molecular complexity index is 382. The van der Waals surface area contributed by atoms with Gasteiger partial charge in [0.15, 0.2) is 5.13 Å². The maximum absolute atomic E-state index is 8.29. The number of azide groups is 1. The zero-order valence-electron chi connectivity index (χ0n) is 13.0. The summed E-state index contributed by atoms with van der Waals surface area (Å²) < 4.78 is 30.0. The van der Waals surface area contributed by atoms with E-state index in [2.05, 4.69) is 15.0 Å². The van der Waals surface area contributed by atoms with E-state index in [0.29, 0.717) is 5.13 Å². The lowest BCUT2D eigenvalue weighted by atomic mass is 9.99. The summed E-state index contributed by atoms with van der Waals surface area (Å²) in [4.78, 5) is 8.21. The molecule has 1 atom stereocenters. The SMILES string of the molecule is [2H][2H].[2H][2H].[2H][2H].[N-]=[N+]=NC1CCc2nc(N)sc2C1. The number of fused-ring (bicyclic) bond motifs is 1. The molecule has 0 radical (unpaired) electrons. The number of nitrogens with zero attached hydrogens (tertiary/aromatic N) is 4. The Balaban J connectivity index is 0. The Morgan fingerprint density at radius 1 is 1.85 bits per heavy atom. The number of hydrogen-bond acceptors (Lipinski definition) is 4. The van der Waals surface area contributed by atoms with Crippen LogP contribution in [0.1, 0.15) is 25.9 Å². The molecule has 5 nitrogen and oxygen atoms in total. The van der Waals surface area contributed by atoms with Gasteiger partial charge in [0.2, 0.25) is 0 Å². The minimum absolute atomic E-state index is 0.0948. The van der Waals surface area contributed by atoms with Crippen molar-refractivity contribution in [2.75, 3.05) is 5.73 Å². The van der Waals surface area contributed by atoms with Crippen molar-refractivity contribution in [3.63, 3.8) is 0 Å². The Labute approximate surface area is 88.5 Å². The van der Waals surface area contributed by atoms with Crippen molar-refractivity contribution in [2.45, 2.75) is 25.3 Å². The van der Waals surface area contributed by atoms with Crippen molar-refractivity contribution >= 4 is 16.5 Å². The molecule has 0 aliphatic heterocycles. The van der Waals surface area contributed by atoms with E-state index >= 15 is 0 Å². The van der Waals surface area contributed by atoms with Gasteiger partial charge in [0.05, 0.1) is 5.69 Å². The molecule has 13 heavy (non-hydrogen) atoms. The third-order valence-electron chi connectivity index (χ3n) is 2.15. The Morgan fingerprint density at radius 2 is 2.69 bits per heavy atom. The maximum Gasteiger partial charge on any atom is 0.180 e. The number of rotatable bonds is 1. The quantitative estimate of drug-likeness (QED) is 0.436. The molecule has 0 fully saturated rings. The van der Waals surface area contributed by atoms with Crippen LogP contribution in [0.4, 0.5) is 5.13 Å². The van der Waals surface area contributed by atoms with Crippen molar-refractivity contribution in [1.82, 2.24) is 4.98 Å². The lowest BCUT2D eigenvalue weighted by Gasteiger charge is -2.15. The van der Waals surface area contributed by atoms with Gasteiger partial charge in [-0.15, -0.1) is 11.3 Å². The van der Waals surface area contributed by atoms with Gasteiger partial charge >= 0.3 is 0 Å². The zero-order valence-corrected chi connectivity index (χ0v) is 7.79. The molecule has 0 bridgehead atoms. The van der Waals surface area contributed by atoms with E-state index < -0.39 is 0 Å². The van der Waals surface area contributed by atoms with Crippen LogP contribution in [-0.2, 0) is 12.8 Å². The number of nitrogens with two attached hydrogens (primary N) is 1. The topological polar surface area (TPSA) is 87.7 Å². The van der Waals surface area contributed by atoms with E-state index in [1.807, 2.05) is 0 Å². The summed E-state index contributed by atoms with van der Waals surface area (Å²) in [6, 6.07) is 0.0948. The van der Waals surface area contributed by atoms with Gasteiger partial charge in [0.25, 0.3) is 0 Å². The molecule has 0 amide bonds. The Hall–Kier alpha value is -1.26. The van der Waals surface area contributed by atoms with Crippen LogP contribution in [0.2, 0.25) is 0 Å². The highest BCUT2D eigenvalue weighted by Gasteiger charge is 2.20. The highest BCUT2D eigenvalue weighted by molar-refractivity contribution is 7.15. The molecule has 1 aliphatic rings. The minimum Gasteiger partial charge on any atom is -0.375 e. The molecule has 2 N–H and O–H groups in total. The molecule has 2 rings (SSSR count). The lowest BCUT2D eigenvalue weighted by molar-refractivity contribution is 0.573. The van der Waals surface area contributed by atoms with E-state index in [-0.39, 0.29) is 6.04 Å². The average Bonchev–Trinajstić information content (AvgIpc) is 2.85. The van der Waals surface area contributed by atoms with Crippen LogP contribution in [0.5, 0.6) is 0 Å². The van der Waals surface area contributed by atoms with Gasteiger partial charge in [-0.05, 0) is 24.8 Å². The molecule has 0 saturated carbocycles. The van der Waals surface area contributed by atoms with Gasteiger partial charge in [-0.1, -0.05) is 5.11 Å². The summed E-state index contributed by atoms with van der Waals surface area (Å²) in [6.07, 6.45) is 2.57. The fraction of sp³-hybridized carbons (Fsp3) is 0.571. The first kappa shape index (κ1) is 5.47. The second kappa shape index (κ2) is 3.24. The predicted molar refractivity (Wildman–Crippen MR) is 57.8 cm³/mol. The molecule has 74 valence electrons. The molecule has 1 aliphatic carbocycles. The second-order valence-electron chi connectivity index (χ2n) is 3.02. The lowest BCUT2D eigenvalue weighted by Crippen LogP contribution is -2.15. The molecule has 1 aromatic heterocycles. The van der Waals surface area contributed by atoms with E-state index in [4.69, 9.17) is 20.2 Å². The predicted octanol–water partition coefficient (Wildman–Crippen LogP) is 2.63. The van der Waals surface area contributed by atoms with Gasteiger partial charge in [0, 0.05) is 24.7 Å². The number of aromatic nitrogens is 1. The summed E-state index contributed by atoms with van der Waals surface area (Å²) in [7, 11) is 0. The van der Waals surface area contributed by atoms with Crippen molar-refractivity contribution in [3.8, 4) is 0 Å². The first-order valence-electron chi connectivity index (χ1n) is 7.08. The van der Waals surface area contributed by atoms with E-state index in [1.165, 1.54) is 16.2 Å². The smallest absolute Gasteiger partial charge is 0.180 e. The van der Waals surface area contributed by atoms with Crippen molar-refractivity contribution in [1.29, 1.82) is 0 Å². The average molecular weight is 207 g/mol. The van der Waals surface area contributed by atoms with Crippen LogP contribution in [0.3, 0.4) is 0 Å². The molecular formula is C7H15N5S. The summed E-state index contributed by atoms with van der Waals surface area (Å²) >= 11 is 1.50. The molecule has 1 aromatic rings. The third-order valence-corrected chi connectivity index (χ3v) is 3.09. The Morgan fingerprint density at radius 3 is 3.46 bits per heavy atom. The van der Waals surface area contributed by atoms with Crippen LogP contribution >= 0.6 is 11.3 Å². The molecule has 0 saturated heterocycles. The van der Waals surface area contributed by atoms with Gasteiger partial charge in [-0.3, -0.25) is 0 Å². The van der Waals surface area contributed by atoms with E-state index in [1.54, 1.807) is 0 Å². The van der Waals surface area contributed by atoms with Crippen LogP contribution in [0, 0.1) is 0 Å². The Kier molecular flexibility index (Phi) is 1.36. The molecule has 0 aromatic carbocycles. The van der Waals surface area contributed by atoms with E-state index in [9.17, 15) is 0 Å². The fourth-order valence-electron chi connectivity index (χ4n) is 1.55. The van der Waals surface area contributed by atoms with Crippen LogP contribution in [0.25, 0.3) is 10.4 Å². The van der Waals surface area contributed by atoms with Gasteiger partial charge in [-0.2, -0.15) is 0 Å². The second-order valence-corrected chi connectivity index (χ2v) is 4.14. The summed E-state index contributed by atoms with van der Waals surface area (Å²) in [5.41, 5.74) is 15.0. The van der Waals surface area contributed by atoms with E-state index in [0.717, 1.165) is 25.0 Å². The maximum atomic E-state index is 8.29. The molecule has 1 unspecified atom stereocenters. The first-order valence-corrected chi connectivity index (χ1v) is 4.89. The summed E-state index contributed by atoms with van der Waals surface area (Å²) in [6.45, 7) is 0. The number of hydrogen-bond donors (Lipinski definition) is 1. The highest BCUT2D eigenvalue weighted by atomic mass is 32.1. The molecular weight excluding hydrogens is 186 g/mol. The monoisotopic (exact) mass is 207 g/mol.